The van der Waals surface area contributed by atoms with Crippen LogP contribution in [0.5, 0.6) is 5.75 Å². The van der Waals surface area contributed by atoms with Gasteiger partial charge in [0.2, 0.25) is 5.91 Å². The van der Waals surface area contributed by atoms with E-state index in [1.54, 1.807) is 18.3 Å². The van der Waals surface area contributed by atoms with Crippen LogP contribution >= 0.6 is 11.3 Å². The Kier molecular flexibility index (Phi) is 5.51. The van der Waals surface area contributed by atoms with E-state index in [9.17, 15) is 9.59 Å². The van der Waals surface area contributed by atoms with Crippen LogP contribution in [0.15, 0.2) is 47.8 Å². The molecule has 3 aromatic rings. The fraction of sp³-hybridized carbons (Fsp3) is 0.273. The van der Waals surface area contributed by atoms with Crippen LogP contribution in [0.4, 0.5) is 0 Å². The maximum absolute atomic E-state index is 11.8. The SMILES string of the molecule is CC(Oc1ccc(-c2csc3ccccc23)cc1CN1CCNC(=O)C1)C(N)=O. The number of nitrogens with one attached hydrogen (secondary N) is 1. The van der Waals surface area contributed by atoms with E-state index < -0.39 is 12.0 Å². The highest BCUT2D eigenvalue weighted by molar-refractivity contribution is 7.17. The van der Waals surface area contributed by atoms with Gasteiger partial charge >= 0.3 is 0 Å². The average Bonchev–Trinajstić information content (AvgIpc) is 3.13. The first kappa shape index (κ1) is 19.4. The lowest BCUT2D eigenvalue weighted by Crippen LogP contribution is -2.47. The van der Waals surface area contributed by atoms with E-state index in [0.29, 0.717) is 25.4 Å². The molecule has 0 spiro atoms. The monoisotopic (exact) mass is 409 g/mol. The summed E-state index contributed by atoms with van der Waals surface area (Å²) in [5.74, 6) is 0.121. The lowest BCUT2D eigenvalue weighted by molar-refractivity contribution is -0.124. The summed E-state index contributed by atoms with van der Waals surface area (Å²) in [5.41, 5.74) is 8.56. The van der Waals surface area contributed by atoms with Gasteiger partial charge in [-0.3, -0.25) is 14.5 Å². The molecule has 150 valence electrons. The first-order chi connectivity index (χ1) is 14.0. The van der Waals surface area contributed by atoms with Crippen LogP contribution in [0.25, 0.3) is 21.2 Å². The number of ether oxygens (including phenoxy) is 1. The number of hydrogen-bond acceptors (Lipinski definition) is 5. The highest BCUT2D eigenvalue weighted by Crippen LogP contribution is 2.36. The third-order valence-electron chi connectivity index (χ3n) is 5.07. The predicted octanol–water partition coefficient (Wildman–Crippen LogP) is 2.75. The molecule has 6 nitrogen and oxygen atoms in total. The van der Waals surface area contributed by atoms with Crippen molar-refractivity contribution >= 4 is 33.2 Å². The summed E-state index contributed by atoms with van der Waals surface area (Å²) in [6, 6.07) is 14.3. The number of hydrogen-bond donors (Lipinski definition) is 2. The lowest BCUT2D eigenvalue weighted by Gasteiger charge is -2.27. The van der Waals surface area contributed by atoms with E-state index in [1.807, 2.05) is 24.3 Å². The number of fused-ring (bicyclic) bond motifs is 1. The summed E-state index contributed by atoms with van der Waals surface area (Å²) in [6.45, 7) is 3.94. The molecule has 0 bridgehead atoms. The Morgan fingerprint density at radius 2 is 2.14 bits per heavy atom. The van der Waals surface area contributed by atoms with E-state index in [4.69, 9.17) is 10.5 Å². The van der Waals surface area contributed by atoms with E-state index in [0.717, 1.165) is 23.2 Å². The largest absolute Gasteiger partial charge is 0.481 e. The van der Waals surface area contributed by atoms with Crippen LogP contribution in [-0.4, -0.2) is 42.5 Å². The van der Waals surface area contributed by atoms with Crippen molar-refractivity contribution < 1.29 is 14.3 Å². The number of primary amides is 1. The van der Waals surface area contributed by atoms with Crippen molar-refractivity contribution in [2.45, 2.75) is 19.6 Å². The Morgan fingerprint density at radius 3 is 2.93 bits per heavy atom. The smallest absolute Gasteiger partial charge is 0.258 e. The number of thiophene rings is 1. The molecule has 7 heteroatoms. The number of nitrogens with two attached hydrogens (primary N) is 1. The summed E-state index contributed by atoms with van der Waals surface area (Å²) in [6.07, 6.45) is -0.730. The molecule has 1 aliphatic rings. The van der Waals surface area contributed by atoms with Gasteiger partial charge in [-0.2, -0.15) is 0 Å². The molecule has 2 amide bonds. The molecule has 0 saturated carbocycles. The van der Waals surface area contributed by atoms with E-state index in [2.05, 4.69) is 33.8 Å². The van der Waals surface area contributed by atoms with Gasteiger partial charge in [0.25, 0.3) is 5.91 Å². The van der Waals surface area contributed by atoms with Gasteiger partial charge in [0.15, 0.2) is 6.10 Å². The standard InChI is InChI=1S/C22H23N3O3S/c1-14(22(23)27)28-19-7-6-15(18-13-29-20-5-3-2-4-17(18)20)10-16(19)11-25-9-8-24-21(26)12-25/h2-7,10,13-14H,8-9,11-12H2,1H3,(H2,23,27)(H,24,26). The fourth-order valence-corrected chi connectivity index (χ4v) is 4.47. The molecule has 1 atom stereocenters. The van der Waals surface area contributed by atoms with Gasteiger partial charge in [-0.25, -0.2) is 0 Å². The van der Waals surface area contributed by atoms with Crippen molar-refractivity contribution in [1.29, 1.82) is 0 Å². The average molecular weight is 410 g/mol. The van der Waals surface area contributed by atoms with E-state index in [-0.39, 0.29) is 5.91 Å². The topological polar surface area (TPSA) is 84.7 Å². The summed E-state index contributed by atoms with van der Waals surface area (Å²) < 4.78 is 7.07. The Morgan fingerprint density at radius 1 is 1.31 bits per heavy atom. The number of nitrogens with zero attached hydrogens (tertiary/aromatic N) is 1. The minimum atomic E-state index is -0.730. The molecule has 0 radical (unpaired) electrons. The maximum Gasteiger partial charge on any atom is 0.258 e. The quantitative estimate of drug-likeness (QED) is 0.656. The van der Waals surface area contributed by atoms with Crippen LogP contribution in [-0.2, 0) is 16.1 Å². The van der Waals surface area contributed by atoms with E-state index in [1.165, 1.54) is 10.1 Å². The van der Waals surface area contributed by atoms with Gasteiger partial charge in [-0.1, -0.05) is 24.3 Å². The van der Waals surface area contributed by atoms with Crippen molar-refractivity contribution in [2.75, 3.05) is 19.6 Å². The van der Waals surface area contributed by atoms with Crippen molar-refractivity contribution in [3.05, 3.63) is 53.4 Å². The van der Waals surface area contributed by atoms with Gasteiger partial charge in [0.05, 0.1) is 6.54 Å². The van der Waals surface area contributed by atoms with E-state index >= 15 is 0 Å². The molecule has 0 aliphatic carbocycles. The summed E-state index contributed by atoms with van der Waals surface area (Å²) >= 11 is 1.71. The molecule has 3 N–H and O–H groups in total. The minimum Gasteiger partial charge on any atom is -0.481 e. The number of carbonyl (C=O) groups excluding carboxylic acids is 2. The molecule has 2 heterocycles. The first-order valence-electron chi connectivity index (χ1n) is 9.56. The Bertz CT molecular complexity index is 1060. The number of carbonyl (C=O) groups is 2. The molecule has 1 unspecified atom stereocenters. The third-order valence-corrected chi connectivity index (χ3v) is 6.03. The second kappa shape index (κ2) is 8.23. The van der Waals surface area contributed by atoms with Crippen LogP contribution in [0.3, 0.4) is 0 Å². The number of amides is 2. The lowest BCUT2D eigenvalue weighted by atomic mass is 10.0. The summed E-state index contributed by atoms with van der Waals surface area (Å²) in [5, 5.41) is 6.21. The van der Waals surface area contributed by atoms with Crippen molar-refractivity contribution in [2.24, 2.45) is 5.73 Å². The second-order valence-corrected chi connectivity index (χ2v) is 8.10. The molecule has 1 saturated heterocycles. The van der Waals surface area contributed by atoms with Gasteiger partial charge in [0, 0.05) is 40.8 Å². The molecule has 1 aliphatic heterocycles. The number of rotatable bonds is 6. The van der Waals surface area contributed by atoms with Gasteiger partial charge in [0.1, 0.15) is 5.75 Å². The highest BCUT2D eigenvalue weighted by atomic mass is 32.1. The van der Waals surface area contributed by atoms with Gasteiger partial charge in [-0.15, -0.1) is 11.3 Å². The number of benzene rings is 2. The van der Waals surface area contributed by atoms with Crippen LogP contribution in [0, 0.1) is 0 Å². The summed E-state index contributed by atoms with van der Waals surface area (Å²) in [7, 11) is 0. The first-order valence-corrected chi connectivity index (χ1v) is 10.4. The third kappa shape index (κ3) is 4.26. The molecule has 1 aromatic heterocycles. The molecule has 4 rings (SSSR count). The molecular formula is C22H23N3O3S. The molecule has 1 fully saturated rings. The van der Waals surface area contributed by atoms with Gasteiger partial charge < -0.3 is 15.8 Å². The predicted molar refractivity (Wildman–Crippen MR) is 115 cm³/mol. The van der Waals surface area contributed by atoms with Crippen molar-refractivity contribution in [1.82, 2.24) is 10.2 Å². The maximum atomic E-state index is 11.8. The van der Waals surface area contributed by atoms with Crippen LogP contribution < -0.4 is 15.8 Å². The zero-order valence-corrected chi connectivity index (χ0v) is 17.0. The minimum absolute atomic E-state index is 0.0178. The van der Waals surface area contributed by atoms with Crippen LogP contribution in [0.1, 0.15) is 12.5 Å². The second-order valence-electron chi connectivity index (χ2n) is 7.19. The Labute approximate surface area is 173 Å². The fourth-order valence-electron chi connectivity index (χ4n) is 3.50. The van der Waals surface area contributed by atoms with Crippen molar-refractivity contribution in [3.8, 4) is 16.9 Å². The Hall–Kier alpha value is -2.90. The highest BCUT2D eigenvalue weighted by Gasteiger charge is 2.20. The molecular weight excluding hydrogens is 386 g/mol. The molecule has 29 heavy (non-hydrogen) atoms. The van der Waals surface area contributed by atoms with Crippen molar-refractivity contribution in [3.63, 3.8) is 0 Å². The van der Waals surface area contributed by atoms with Crippen LogP contribution in [0.2, 0.25) is 0 Å². The number of piperazine rings is 1. The zero-order chi connectivity index (χ0) is 20.4. The Balaban J connectivity index is 1.70. The normalized spacial score (nSPS) is 15.8. The zero-order valence-electron chi connectivity index (χ0n) is 16.2. The molecule has 2 aromatic carbocycles. The van der Waals surface area contributed by atoms with Gasteiger partial charge in [-0.05, 0) is 36.1 Å². The summed E-state index contributed by atoms with van der Waals surface area (Å²) in [4.78, 5) is 25.3.